The van der Waals surface area contributed by atoms with Crippen LogP contribution in [0, 0.1) is 10.1 Å². The first-order valence-electron chi connectivity index (χ1n) is 9.74. The van der Waals surface area contributed by atoms with Crippen molar-refractivity contribution in [2.75, 3.05) is 5.43 Å². The molecule has 0 aliphatic heterocycles. The third kappa shape index (κ3) is 3.33. The molecule has 0 unspecified atom stereocenters. The summed E-state index contributed by atoms with van der Waals surface area (Å²) in [5.41, 5.74) is 8.58. The number of hydrazine groups is 1. The zero-order valence-corrected chi connectivity index (χ0v) is 16.3. The van der Waals surface area contributed by atoms with Crippen LogP contribution in [0.3, 0.4) is 0 Å². The van der Waals surface area contributed by atoms with Crippen LogP contribution in [0.5, 0.6) is 0 Å². The number of benzene rings is 1. The molecule has 1 aliphatic rings. The lowest BCUT2D eigenvalue weighted by Crippen LogP contribution is -2.30. The fourth-order valence-electron chi connectivity index (χ4n) is 3.83. The second kappa shape index (κ2) is 7.48. The van der Waals surface area contributed by atoms with Crippen molar-refractivity contribution in [3.63, 3.8) is 0 Å². The normalized spacial score (nSPS) is 12.5. The van der Waals surface area contributed by atoms with Crippen molar-refractivity contribution in [3.8, 4) is 11.5 Å². The molecule has 3 N–H and O–H groups in total. The first kappa shape index (κ1) is 18.7. The van der Waals surface area contributed by atoms with Crippen molar-refractivity contribution >= 4 is 28.3 Å². The molecule has 4 aromatic rings. The monoisotopic (exact) mass is 415 g/mol. The number of aromatic amines is 1. The van der Waals surface area contributed by atoms with Gasteiger partial charge in [-0.25, -0.2) is 9.97 Å². The fourth-order valence-corrected chi connectivity index (χ4v) is 3.83. The van der Waals surface area contributed by atoms with Gasteiger partial charge in [-0.3, -0.25) is 30.7 Å². The summed E-state index contributed by atoms with van der Waals surface area (Å²) in [4.78, 5) is 40.1. The van der Waals surface area contributed by atoms with Crippen molar-refractivity contribution in [1.82, 2.24) is 25.4 Å². The maximum atomic E-state index is 12.9. The Balaban J connectivity index is 1.46. The summed E-state index contributed by atoms with van der Waals surface area (Å²) in [5, 5.41) is 11.6. The van der Waals surface area contributed by atoms with Crippen molar-refractivity contribution < 1.29 is 9.72 Å². The maximum Gasteiger partial charge on any atom is 0.279 e. The Morgan fingerprint density at radius 3 is 2.84 bits per heavy atom. The van der Waals surface area contributed by atoms with Crippen LogP contribution in [0.25, 0.3) is 22.4 Å². The minimum Gasteiger partial charge on any atom is -0.360 e. The van der Waals surface area contributed by atoms with Gasteiger partial charge in [0.15, 0.2) is 11.6 Å². The van der Waals surface area contributed by atoms with Crippen molar-refractivity contribution in [3.05, 3.63) is 75.7 Å². The van der Waals surface area contributed by atoms with Gasteiger partial charge in [-0.15, -0.1) is 0 Å². The summed E-state index contributed by atoms with van der Waals surface area (Å²) in [6, 6.07) is 10.1. The lowest BCUT2D eigenvalue weighted by Gasteiger charge is -2.13. The summed E-state index contributed by atoms with van der Waals surface area (Å²) in [7, 11) is 0. The summed E-state index contributed by atoms with van der Waals surface area (Å²) < 4.78 is 0. The molecule has 0 radical (unpaired) electrons. The van der Waals surface area contributed by atoms with E-state index in [9.17, 15) is 14.9 Å². The number of rotatable bonds is 5. The number of pyridine rings is 1. The first-order chi connectivity index (χ1) is 15.1. The molecule has 0 saturated heterocycles. The Morgan fingerprint density at radius 1 is 1.13 bits per heavy atom. The summed E-state index contributed by atoms with van der Waals surface area (Å²) in [6.45, 7) is 0. The van der Waals surface area contributed by atoms with E-state index in [1.807, 2.05) is 18.2 Å². The molecule has 3 aromatic heterocycles. The highest BCUT2D eigenvalue weighted by atomic mass is 16.6. The molecular formula is C21H17N7O3. The number of fused-ring (bicyclic) bond motifs is 2. The molecule has 0 bridgehead atoms. The van der Waals surface area contributed by atoms with Gasteiger partial charge in [0.2, 0.25) is 0 Å². The predicted octanol–water partition coefficient (Wildman–Crippen LogP) is 3.17. The van der Waals surface area contributed by atoms with Crippen LogP contribution >= 0.6 is 0 Å². The quantitative estimate of drug-likeness (QED) is 0.336. The predicted molar refractivity (Wildman–Crippen MR) is 113 cm³/mol. The molecule has 1 aliphatic carbocycles. The Kier molecular flexibility index (Phi) is 4.51. The van der Waals surface area contributed by atoms with Gasteiger partial charge in [0, 0.05) is 29.7 Å². The minimum absolute atomic E-state index is 0.135. The van der Waals surface area contributed by atoms with Crippen molar-refractivity contribution in [2.45, 2.75) is 19.3 Å². The van der Waals surface area contributed by atoms with E-state index in [4.69, 9.17) is 0 Å². The SMILES string of the molecule is O=C(NNc1nc(-c2ccccn2)nc2c1CCC2)c1c[nH]c2cccc([N+](=O)[O-])c12. The molecule has 3 heterocycles. The number of hydrogen-bond acceptors (Lipinski definition) is 7. The molecule has 154 valence electrons. The van der Waals surface area contributed by atoms with Crippen LogP contribution in [0.2, 0.25) is 0 Å². The zero-order chi connectivity index (χ0) is 21.4. The van der Waals surface area contributed by atoms with Crippen molar-refractivity contribution in [2.24, 2.45) is 0 Å². The zero-order valence-electron chi connectivity index (χ0n) is 16.3. The van der Waals surface area contributed by atoms with Crippen LogP contribution in [0.1, 0.15) is 28.0 Å². The number of nitrogens with zero attached hydrogens (tertiary/aromatic N) is 4. The Morgan fingerprint density at radius 2 is 2.03 bits per heavy atom. The number of hydrogen-bond donors (Lipinski definition) is 3. The third-order valence-electron chi connectivity index (χ3n) is 5.25. The molecule has 10 heteroatoms. The Hall–Kier alpha value is -4.34. The highest BCUT2D eigenvalue weighted by molar-refractivity contribution is 6.10. The average Bonchev–Trinajstić information content (AvgIpc) is 3.44. The molecule has 1 aromatic carbocycles. The molecule has 0 fully saturated rings. The smallest absolute Gasteiger partial charge is 0.279 e. The van der Waals surface area contributed by atoms with Gasteiger partial charge < -0.3 is 4.98 Å². The van der Waals surface area contributed by atoms with Gasteiger partial charge in [0.1, 0.15) is 5.69 Å². The number of amides is 1. The molecule has 10 nitrogen and oxygen atoms in total. The topological polar surface area (TPSA) is 139 Å². The number of H-pyrrole nitrogens is 1. The minimum atomic E-state index is -0.509. The van der Waals surface area contributed by atoms with E-state index in [1.165, 1.54) is 12.3 Å². The third-order valence-corrected chi connectivity index (χ3v) is 5.25. The molecular weight excluding hydrogens is 398 g/mol. The average molecular weight is 415 g/mol. The maximum absolute atomic E-state index is 12.9. The molecule has 0 atom stereocenters. The van der Waals surface area contributed by atoms with Crippen LogP contribution in [-0.2, 0) is 12.8 Å². The van der Waals surface area contributed by atoms with Crippen molar-refractivity contribution in [1.29, 1.82) is 0 Å². The van der Waals surface area contributed by atoms with E-state index in [-0.39, 0.29) is 16.6 Å². The highest BCUT2D eigenvalue weighted by Gasteiger charge is 2.23. The summed E-state index contributed by atoms with van der Waals surface area (Å²) >= 11 is 0. The number of nitro benzene ring substituents is 1. The van der Waals surface area contributed by atoms with Gasteiger partial charge in [0.25, 0.3) is 11.6 Å². The number of anilines is 1. The highest BCUT2D eigenvalue weighted by Crippen LogP contribution is 2.30. The van der Waals surface area contributed by atoms with Crippen LogP contribution in [0.4, 0.5) is 11.5 Å². The van der Waals surface area contributed by atoms with Crippen LogP contribution in [-0.4, -0.2) is 30.8 Å². The van der Waals surface area contributed by atoms with E-state index in [0.717, 1.165) is 30.5 Å². The second-order valence-electron chi connectivity index (χ2n) is 7.13. The standard InChI is InChI=1S/C21H17N7O3/c29-21(13-11-23-15-8-4-9-17(18(13)15)28(30)31)27-26-19-12-5-3-7-14(12)24-20(25-19)16-6-1-2-10-22-16/h1-2,4,6,8-11,23H,3,5,7H2,(H,27,29)(H,24,25,26). The molecule has 31 heavy (non-hydrogen) atoms. The van der Waals surface area contributed by atoms with E-state index < -0.39 is 10.8 Å². The number of non-ortho nitro benzene ring substituents is 1. The van der Waals surface area contributed by atoms with Gasteiger partial charge >= 0.3 is 0 Å². The molecule has 0 spiro atoms. The van der Waals surface area contributed by atoms with E-state index in [2.05, 4.69) is 30.8 Å². The largest absolute Gasteiger partial charge is 0.360 e. The number of aromatic nitrogens is 4. The van der Waals surface area contributed by atoms with Gasteiger partial charge in [-0.05, 0) is 37.5 Å². The Bertz CT molecular complexity index is 1320. The van der Waals surface area contributed by atoms with E-state index in [1.54, 1.807) is 18.3 Å². The van der Waals surface area contributed by atoms with Crippen LogP contribution in [0.15, 0.2) is 48.8 Å². The van der Waals surface area contributed by atoms with Gasteiger partial charge in [0.05, 0.1) is 21.4 Å². The lowest BCUT2D eigenvalue weighted by atomic mass is 10.1. The number of carbonyl (C=O) groups excluding carboxylic acids is 1. The molecule has 0 saturated carbocycles. The number of carbonyl (C=O) groups is 1. The second-order valence-corrected chi connectivity index (χ2v) is 7.13. The van der Waals surface area contributed by atoms with E-state index in [0.29, 0.717) is 22.9 Å². The van der Waals surface area contributed by atoms with Gasteiger partial charge in [-0.2, -0.15) is 0 Å². The van der Waals surface area contributed by atoms with Crippen LogP contribution < -0.4 is 10.9 Å². The Labute approximate surface area is 175 Å². The first-order valence-corrected chi connectivity index (χ1v) is 9.74. The number of nitro groups is 1. The van der Waals surface area contributed by atoms with Gasteiger partial charge in [-0.1, -0.05) is 12.1 Å². The summed E-state index contributed by atoms with van der Waals surface area (Å²) in [6.07, 6.45) is 5.71. The number of aryl methyl sites for hydroxylation is 1. The lowest BCUT2D eigenvalue weighted by molar-refractivity contribution is -0.383. The number of nitrogens with one attached hydrogen (secondary N) is 3. The summed E-state index contributed by atoms with van der Waals surface area (Å²) in [5.74, 6) is 0.469. The fraction of sp³-hybridized carbons (Fsp3) is 0.143. The van der Waals surface area contributed by atoms with E-state index >= 15 is 0 Å². The molecule has 5 rings (SSSR count). The molecule has 1 amide bonds.